The summed E-state index contributed by atoms with van der Waals surface area (Å²) in [7, 11) is 4.11. The van der Waals surface area contributed by atoms with E-state index in [9.17, 15) is 4.91 Å². The van der Waals surface area contributed by atoms with Crippen LogP contribution in [-0.2, 0) is 0 Å². The van der Waals surface area contributed by atoms with E-state index in [-0.39, 0.29) is 16.9 Å². The van der Waals surface area contributed by atoms with E-state index in [2.05, 4.69) is 51.3 Å². The summed E-state index contributed by atoms with van der Waals surface area (Å²) in [5, 5.41) is 3.50. The Labute approximate surface area is 140 Å². The SMILES string of the molecule is B=C1C=C[C@@]2(C)C(=C1)C(=C)CC1C2CC[C@@]2(C)C1CC[C@@H]2N=O. The zero-order valence-corrected chi connectivity index (χ0v) is 14.3. The molecule has 4 aliphatic carbocycles. The summed E-state index contributed by atoms with van der Waals surface area (Å²) < 4.78 is 0. The van der Waals surface area contributed by atoms with Gasteiger partial charge in [0.25, 0.3) is 0 Å². The van der Waals surface area contributed by atoms with E-state index in [0.29, 0.717) is 17.8 Å². The molecular weight excluding hydrogens is 281 g/mol. The maximum atomic E-state index is 11.3. The molecule has 0 aliphatic heterocycles. The monoisotopic (exact) mass is 307 g/mol. The van der Waals surface area contributed by atoms with Gasteiger partial charge in [-0.1, -0.05) is 0 Å². The summed E-state index contributed by atoms with van der Waals surface area (Å²) in [4.78, 5) is 11.3. The summed E-state index contributed by atoms with van der Waals surface area (Å²) in [5.41, 5.74) is 3.98. The molecular formula is C20H26BNO. The Morgan fingerprint density at radius 2 is 2.04 bits per heavy atom. The van der Waals surface area contributed by atoms with E-state index < -0.39 is 0 Å². The normalized spacial score (nSPS) is 48.3. The third-order valence-electron chi connectivity index (χ3n) is 7.70. The predicted molar refractivity (Wildman–Crippen MR) is 97.9 cm³/mol. The van der Waals surface area contributed by atoms with Crippen LogP contribution in [0.5, 0.6) is 0 Å². The van der Waals surface area contributed by atoms with Crippen LogP contribution in [0.2, 0.25) is 0 Å². The van der Waals surface area contributed by atoms with Crippen molar-refractivity contribution in [2.45, 2.75) is 52.0 Å². The third-order valence-corrected chi connectivity index (χ3v) is 7.70. The molecule has 4 aliphatic rings. The van der Waals surface area contributed by atoms with Crippen LogP contribution < -0.4 is 0 Å². The zero-order chi connectivity index (χ0) is 16.4. The molecule has 3 heteroatoms. The molecule has 120 valence electrons. The third kappa shape index (κ3) is 1.91. The quantitative estimate of drug-likeness (QED) is 0.530. The van der Waals surface area contributed by atoms with Crippen molar-refractivity contribution >= 4 is 13.0 Å². The van der Waals surface area contributed by atoms with Crippen LogP contribution in [0.4, 0.5) is 0 Å². The minimum atomic E-state index is 0.0214. The Bertz CT molecular complexity index is 663. The van der Waals surface area contributed by atoms with Gasteiger partial charge in [-0.15, -0.1) is 0 Å². The van der Waals surface area contributed by atoms with Gasteiger partial charge in [0.2, 0.25) is 0 Å². The molecule has 0 N–H and O–H groups in total. The van der Waals surface area contributed by atoms with E-state index >= 15 is 0 Å². The number of allylic oxidation sites excluding steroid dienone is 5. The molecule has 0 bridgehead atoms. The number of rotatable bonds is 1. The van der Waals surface area contributed by atoms with Crippen molar-refractivity contribution in [2.24, 2.45) is 33.8 Å². The molecule has 0 aromatic heterocycles. The Balaban J connectivity index is 1.75. The molecule has 0 radical (unpaired) electrons. The van der Waals surface area contributed by atoms with Crippen LogP contribution in [0.25, 0.3) is 0 Å². The van der Waals surface area contributed by atoms with Crippen LogP contribution in [0.3, 0.4) is 0 Å². The van der Waals surface area contributed by atoms with Crippen molar-refractivity contribution in [1.82, 2.24) is 0 Å². The first-order valence-electron chi connectivity index (χ1n) is 9.01. The zero-order valence-electron chi connectivity index (χ0n) is 14.3. The summed E-state index contributed by atoms with van der Waals surface area (Å²) in [6, 6.07) is 0.0214. The molecule has 0 aromatic carbocycles. The second-order valence-corrected chi connectivity index (χ2v) is 8.68. The van der Waals surface area contributed by atoms with Crippen molar-refractivity contribution in [1.29, 1.82) is 0 Å². The molecule has 0 heterocycles. The van der Waals surface area contributed by atoms with Gasteiger partial charge in [-0.05, 0) is 0 Å². The molecule has 3 fully saturated rings. The molecule has 0 saturated heterocycles. The summed E-state index contributed by atoms with van der Waals surface area (Å²) in [5.74, 6) is 1.93. The molecule has 0 amide bonds. The number of hydrogen-bond acceptors (Lipinski definition) is 2. The molecule has 3 unspecified atom stereocenters. The van der Waals surface area contributed by atoms with E-state index in [1.165, 1.54) is 17.6 Å². The number of fused-ring (bicyclic) bond motifs is 5. The maximum absolute atomic E-state index is 11.3. The van der Waals surface area contributed by atoms with Crippen molar-refractivity contribution in [2.75, 3.05) is 0 Å². The Morgan fingerprint density at radius 1 is 1.26 bits per heavy atom. The van der Waals surface area contributed by atoms with Crippen LogP contribution in [-0.4, -0.2) is 19.0 Å². The second-order valence-electron chi connectivity index (χ2n) is 8.68. The van der Waals surface area contributed by atoms with Crippen molar-refractivity contribution in [3.8, 4) is 0 Å². The minimum absolute atomic E-state index is 0.0214. The molecule has 6 atom stereocenters. The van der Waals surface area contributed by atoms with Crippen molar-refractivity contribution < 1.29 is 0 Å². The number of hydrogen-bond donors (Lipinski definition) is 0. The summed E-state index contributed by atoms with van der Waals surface area (Å²) in [6.45, 7) is 9.12. The Hall–Kier alpha value is -1.25. The standard InChI is InChI=1S/C20H26BNO/c1-12-10-14-15-4-5-18(22-23)20(15,3)9-7-16(14)19(2)8-6-13(21)11-17(12)19/h6,8,11,14-16,18,21H,1,4-5,7,9-10H2,2-3H3/t14?,15?,16?,18-,19+,20-/m0/s1. The average Bonchev–Trinajstić information content (AvgIpc) is 2.86. The van der Waals surface area contributed by atoms with Gasteiger partial charge in [0, 0.05) is 0 Å². The van der Waals surface area contributed by atoms with Crippen LogP contribution >= 0.6 is 0 Å². The summed E-state index contributed by atoms with van der Waals surface area (Å²) in [6.07, 6.45) is 12.4. The molecule has 4 rings (SSSR count). The van der Waals surface area contributed by atoms with Gasteiger partial charge in [0.15, 0.2) is 0 Å². The average molecular weight is 307 g/mol. The fourth-order valence-electron chi connectivity index (χ4n) is 6.42. The number of nitrogens with zero attached hydrogens (tertiary/aromatic N) is 1. The van der Waals surface area contributed by atoms with Gasteiger partial charge < -0.3 is 0 Å². The van der Waals surface area contributed by atoms with Gasteiger partial charge in [-0.25, -0.2) is 0 Å². The molecule has 23 heavy (non-hydrogen) atoms. The fourth-order valence-corrected chi connectivity index (χ4v) is 6.42. The van der Waals surface area contributed by atoms with Gasteiger partial charge in [0.1, 0.15) is 0 Å². The van der Waals surface area contributed by atoms with Crippen molar-refractivity contribution in [3.05, 3.63) is 40.9 Å². The predicted octanol–water partition coefficient (Wildman–Crippen LogP) is 4.10. The van der Waals surface area contributed by atoms with E-state index in [0.717, 1.165) is 31.1 Å². The van der Waals surface area contributed by atoms with Crippen LogP contribution in [0.15, 0.2) is 41.1 Å². The van der Waals surface area contributed by atoms with Crippen LogP contribution in [0, 0.1) is 33.5 Å². The first-order valence-corrected chi connectivity index (χ1v) is 9.01. The van der Waals surface area contributed by atoms with E-state index in [1.54, 1.807) is 0 Å². The molecule has 2 nitrogen and oxygen atoms in total. The van der Waals surface area contributed by atoms with E-state index in [4.69, 9.17) is 0 Å². The molecule has 3 saturated carbocycles. The first kappa shape index (κ1) is 15.3. The molecule has 0 spiro atoms. The van der Waals surface area contributed by atoms with Gasteiger partial charge in [-0.3, -0.25) is 0 Å². The number of nitroso groups, excluding NO2 is 1. The van der Waals surface area contributed by atoms with Gasteiger partial charge >= 0.3 is 140 Å². The van der Waals surface area contributed by atoms with E-state index in [1.807, 2.05) is 0 Å². The Kier molecular flexibility index (Phi) is 3.24. The van der Waals surface area contributed by atoms with Gasteiger partial charge in [-0.2, -0.15) is 0 Å². The van der Waals surface area contributed by atoms with Crippen molar-refractivity contribution in [3.63, 3.8) is 0 Å². The Morgan fingerprint density at radius 3 is 2.78 bits per heavy atom. The first-order chi connectivity index (χ1) is 10.9. The second kappa shape index (κ2) is 4.88. The van der Waals surface area contributed by atoms with Gasteiger partial charge in [0.05, 0.1) is 0 Å². The van der Waals surface area contributed by atoms with Crippen LogP contribution in [0.1, 0.15) is 46.0 Å². The molecule has 0 aromatic rings. The summed E-state index contributed by atoms with van der Waals surface area (Å²) >= 11 is 0. The topological polar surface area (TPSA) is 29.4 Å². The fraction of sp³-hybridized carbons (Fsp3) is 0.650.